The van der Waals surface area contributed by atoms with Gasteiger partial charge in [-0.2, -0.15) is 0 Å². The van der Waals surface area contributed by atoms with Gasteiger partial charge in [0.05, 0.1) is 20.1 Å². The maximum absolute atomic E-state index is 12.5. The third-order valence-electron chi connectivity index (χ3n) is 4.17. The Labute approximate surface area is 150 Å². The zero-order valence-corrected chi connectivity index (χ0v) is 15.6. The molecule has 0 saturated heterocycles. The Bertz CT molecular complexity index is 708. The minimum absolute atomic E-state index is 0.0520. The van der Waals surface area contributed by atoms with Gasteiger partial charge in [0.2, 0.25) is 5.91 Å². The van der Waals surface area contributed by atoms with Gasteiger partial charge in [0, 0.05) is 11.8 Å². The third kappa shape index (κ3) is 4.99. The molecule has 0 unspecified atom stereocenters. The highest BCUT2D eigenvalue weighted by molar-refractivity contribution is 5.95. The number of rotatable bonds is 7. The van der Waals surface area contributed by atoms with Gasteiger partial charge < -0.3 is 14.8 Å². The predicted molar refractivity (Wildman–Crippen MR) is 102 cm³/mol. The molecule has 0 saturated carbocycles. The number of methoxy groups -OCH3 is 2. The van der Waals surface area contributed by atoms with Crippen molar-refractivity contribution in [1.82, 2.24) is 0 Å². The summed E-state index contributed by atoms with van der Waals surface area (Å²) in [4.78, 5) is 12.5. The zero-order valence-electron chi connectivity index (χ0n) is 15.6. The molecule has 134 valence electrons. The topological polar surface area (TPSA) is 47.6 Å². The van der Waals surface area contributed by atoms with Gasteiger partial charge >= 0.3 is 0 Å². The lowest BCUT2D eigenvalue weighted by atomic mass is 9.96. The second kappa shape index (κ2) is 8.56. The molecule has 0 radical (unpaired) electrons. The molecule has 0 fully saturated rings. The van der Waals surface area contributed by atoms with E-state index in [4.69, 9.17) is 9.47 Å². The molecule has 2 aromatic carbocycles. The second-order valence-corrected chi connectivity index (χ2v) is 6.62. The fourth-order valence-electron chi connectivity index (χ4n) is 2.73. The van der Waals surface area contributed by atoms with E-state index < -0.39 is 0 Å². The first-order valence-electron chi connectivity index (χ1n) is 8.56. The summed E-state index contributed by atoms with van der Waals surface area (Å²) in [6, 6.07) is 13.6. The molecule has 2 aromatic rings. The van der Waals surface area contributed by atoms with Gasteiger partial charge in [0.15, 0.2) is 11.5 Å². The van der Waals surface area contributed by atoms with Crippen LogP contribution in [0.3, 0.4) is 0 Å². The van der Waals surface area contributed by atoms with Crippen molar-refractivity contribution in [2.75, 3.05) is 19.5 Å². The lowest BCUT2D eigenvalue weighted by Gasteiger charge is -2.15. The summed E-state index contributed by atoms with van der Waals surface area (Å²) in [5.41, 5.74) is 2.99. The van der Waals surface area contributed by atoms with Crippen LogP contribution in [0.25, 0.3) is 0 Å². The average molecular weight is 341 g/mol. The number of hydrogen-bond acceptors (Lipinski definition) is 3. The Balaban J connectivity index is 2.07. The van der Waals surface area contributed by atoms with Crippen molar-refractivity contribution in [3.8, 4) is 11.5 Å². The Hall–Kier alpha value is -2.49. The molecule has 0 heterocycles. The fraction of sp³-hybridized carbons (Fsp3) is 0.381. The fourth-order valence-corrected chi connectivity index (χ4v) is 2.73. The molecule has 25 heavy (non-hydrogen) atoms. The number of amides is 1. The van der Waals surface area contributed by atoms with Gasteiger partial charge in [-0.15, -0.1) is 0 Å². The van der Waals surface area contributed by atoms with E-state index >= 15 is 0 Å². The van der Waals surface area contributed by atoms with E-state index in [-0.39, 0.29) is 11.8 Å². The SMILES string of the molecule is COc1ccc(NC(=O)[C@H](C)c2ccc(CC(C)C)cc2)cc1OC. The summed E-state index contributed by atoms with van der Waals surface area (Å²) in [7, 11) is 3.16. The van der Waals surface area contributed by atoms with Crippen LogP contribution in [0.15, 0.2) is 42.5 Å². The standard InChI is InChI=1S/C21H27NO3/c1-14(2)12-16-6-8-17(9-7-16)15(3)21(23)22-18-10-11-19(24-4)20(13-18)25-5/h6-11,13-15H,12H2,1-5H3,(H,22,23)/t15-/m1/s1. The van der Waals surface area contributed by atoms with Crippen molar-refractivity contribution in [2.45, 2.75) is 33.1 Å². The van der Waals surface area contributed by atoms with Gasteiger partial charge in [-0.1, -0.05) is 38.1 Å². The van der Waals surface area contributed by atoms with Crippen molar-refractivity contribution < 1.29 is 14.3 Å². The molecule has 0 aliphatic carbocycles. The molecular weight excluding hydrogens is 314 g/mol. The molecule has 0 bridgehead atoms. The van der Waals surface area contributed by atoms with Crippen LogP contribution in [-0.2, 0) is 11.2 Å². The van der Waals surface area contributed by atoms with Crippen LogP contribution in [0.1, 0.15) is 37.8 Å². The first-order valence-corrected chi connectivity index (χ1v) is 8.56. The molecule has 1 atom stereocenters. The number of benzene rings is 2. The highest BCUT2D eigenvalue weighted by atomic mass is 16.5. The van der Waals surface area contributed by atoms with E-state index in [1.807, 2.05) is 19.1 Å². The van der Waals surface area contributed by atoms with E-state index in [0.29, 0.717) is 23.1 Å². The zero-order chi connectivity index (χ0) is 18.4. The van der Waals surface area contributed by atoms with Crippen LogP contribution in [0.5, 0.6) is 11.5 Å². The quantitative estimate of drug-likeness (QED) is 0.798. The van der Waals surface area contributed by atoms with Gasteiger partial charge in [-0.25, -0.2) is 0 Å². The van der Waals surface area contributed by atoms with Gasteiger partial charge in [-0.3, -0.25) is 4.79 Å². The molecule has 1 N–H and O–H groups in total. The first kappa shape index (κ1) is 18.8. The summed E-state index contributed by atoms with van der Waals surface area (Å²) in [5, 5.41) is 2.94. The van der Waals surface area contributed by atoms with Crippen LogP contribution < -0.4 is 14.8 Å². The van der Waals surface area contributed by atoms with Crippen molar-refractivity contribution >= 4 is 11.6 Å². The molecule has 0 spiro atoms. The van der Waals surface area contributed by atoms with Crippen LogP contribution >= 0.6 is 0 Å². The highest BCUT2D eigenvalue weighted by Crippen LogP contribution is 2.30. The molecule has 4 nitrogen and oxygen atoms in total. The van der Waals surface area contributed by atoms with E-state index in [2.05, 4.69) is 31.3 Å². The molecule has 4 heteroatoms. The number of hydrogen-bond donors (Lipinski definition) is 1. The summed E-state index contributed by atoms with van der Waals surface area (Å²) < 4.78 is 10.5. The Morgan fingerprint density at radius 3 is 2.16 bits per heavy atom. The second-order valence-electron chi connectivity index (χ2n) is 6.62. The normalized spacial score (nSPS) is 11.9. The van der Waals surface area contributed by atoms with Crippen LogP contribution in [-0.4, -0.2) is 20.1 Å². The smallest absolute Gasteiger partial charge is 0.231 e. The lowest BCUT2D eigenvalue weighted by molar-refractivity contribution is -0.117. The first-order chi connectivity index (χ1) is 11.9. The lowest BCUT2D eigenvalue weighted by Crippen LogP contribution is -2.19. The number of ether oxygens (including phenoxy) is 2. The van der Waals surface area contributed by atoms with E-state index in [0.717, 1.165) is 12.0 Å². The largest absolute Gasteiger partial charge is 0.493 e. The van der Waals surface area contributed by atoms with Crippen molar-refractivity contribution in [3.63, 3.8) is 0 Å². The van der Waals surface area contributed by atoms with Crippen LogP contribution in [0.2, 0.25) is 0 Å². The molecule has 1 amide bonds. The third-order valence-corrected chi connectivity index (χ3v) is 4.17. The van der Waals surface area contributed by atoms with E-state index in [1.54, 1.807) is 32.4 Å². The molecule has 0 aliphatic rings. The van der Waals surface area contributed by atoms with Gasteiger partial charge in [0.25, 0.3) is 0 Å². The molecule has 0 aromatic heterocycles. The minimum atomic E-state index is -0.235. The monoisotopic (exact) mass is 341 g/mol. The number of carbonyl (C=O) groups excluding carboxylic acids is 1. The predicted octanol–water partition coefficient (Wildman–Crippen LogP) is 4.64. The van der Waals surface area contributed by atoms with Gasteiger partial charge in [0.1, 0.15) is 0 Å². The van der Waals surface area contributed by atoms with Gasteiger partial charge in [-0.05, 0) is 42.5 Å². The molecule has 0 aliphatic heterocycles. The summed E-state index contributed by atoms with van der Waals surface area (Å²) in [5.74, 6) is 1.56. The minimum Gasteiger partial charge on any atom is -0.493 e. The maximum Gasteiger partial charge on any atom is 0.231 e. The Kier molecular flexibility index (Phi) is 6.45. The maximum atomic E-state index is 12.5. The van der Waals surface area contributed by atoms with Crippen molar-refractivity contribution in [2.24, 2.45) is 5.92 Å². The van der Waals surface area contributed by atoms with Crippen LogP contribution in [0.4, 0.5) is 5.69 Å². The number of nitrogens with one attached hydrogen (secondary N) is 1. The summed E-state index contributed by atoms with van der Waals surface area (Å²) >= 11 is 0. The van der Waals surface area contributed by atoms with E-state index in [9.17, 15) is 4.79 Å². The number of carbonyl (C=O) groups is 1. The summed E-state index contributed by atoms with van der Waals surface area (Å²) in [6.45, 7) is 6.31. The molecule has 2 rings (SSSR count). The molecular formula is C21H27NO3. The van der Waals surface area contributed by atoms with Crippen molar-refractivity contribution in [3.05, 3.63) is 53.6 Å². The Morgan fingerprint density at radius 2 is 1.60 bits per heavy atom. The Morgan fingerprint density at radius 1 is 0.960 bits per heavy atom. The van der Waals surface area contributed by atoms with Crippen LogP contribution in [0, 0.1) is 5.92 Å². The van der Waals surface area contributed by atoms with Crippen molar-refractivity contribution in [1.29, 1.82) is 0 Å². The average Bonchev–Trinajstić information content (AvgIpc) is 2.61. The number of anilines is 1. The summed E-state index contributed by atoms with van der Waals surface area (Å²) in [6.07, 6.45) is 1.05. The van der Waals surface area contributed by atoms with E-state index in [1.165, 1.54) is 5.56 Å². The highest BCUT2D eigenvalue weighted by Gasteiger charge is 2.16.